The quantitative estimate of drug-likeness (QED) is 0.913. The summed E-state index contributed by atoms with van der Waals surface area (Å²) in [6.45, 7) is 5.04. The van der Waals surface area contributed by atoms with Gasteiger partial charge in [0.15, 0.2) is 5.13 Å². The second-order valence-corrected chi connectivity index (χ2v) is 5.39. The average Bonchev–Trinajstić information content (AvgIpc) is 2.61. The van der Waals surface area contributed by atoms with Crippen LogP contribution in [0.4, 0.5) is 5.13 Å². The summed E-state index contributed by atoms with van der Waals surface area (Å²) in [4.78, 5) is 5.73. The van der Waals surface area contributed by atoms with Gasteiger partial charge in [-0.1, -0.05) is 39.4 Å². The van der Waals surface area contributed by atoms with Gasteiger partial charge >= 0.3 is 0 Å². The highest BCUT2D eigenvalue weighted by Gasteiger charge is 2.08. The third kappa shape index (κ3) is 2.44. The number of thiazole rings is 1. The molecule has 0 fully saturated rings. The molecule has 1 aromatic carbocycles. The first-order valence-corrected chi connectivity index (χ1v) is 6.79. The van der Waals surface area contributed by atoms with Crippen molar-refractivity contribution in [2.24, 2.45) is 0 Å². The number of aryl methyl sites for hydroxylation is 1. The van der Waals surface area contributed by atoms with Crippen molar-refractivity contribution >= 4 is 32.4 Å². The maximum absolute atomic E-state index is 4.49. The minimum Gasteiger partial charge on any atom is -0.362 e. The summed E-state index contributed by atoms with van der Waals surface area (Å²) in [6.07, 6.45) is 0. The van der Waals surface area contributed by atoms with Crippen LogP contribution < -0.4 is 5.32 Å². The van der Waals surface area contributed by atoms with Gasteiger partial charge in [-0.25, -0.2) is 4.98 Å². The van der Waals surface area contributed by atoms with E-state index in [1.165, 1.54) is 10.4 Å². The number of halogens is 1. The maximum Gasteiger partial charge on any atom is 0.183 e. The Balaban J connectivity index is 2.36. The molecular weight excluding hydrogens is 284 g/mol. The smallest absolute Gasteiger partial charge is 0.183 e. The third-order valence-corrected chi connectivity index (χ3v) is 3.92. The van der Waals surface area contributed by atoms with Crippen LogP contribution in [0, 0.1) is 6.92 Å². The predicted molar refractivity (Wildman–Crippen MR) is 74.2 cm³/mol. The number of nitrogens with zero attached hydrogens (tertiary/aromatic N) is 1. The van der Waals surface area contributed by atoms with Crippen molar-refractivity contribution in [3.05, 3.63) is 34.4 Å². The lowest BCUT2D eigenvalue weighted by atomic mass is 10.2. The van der Waals surface area contributed by atoms with Crippen molar-refractivity contribution in [1.82, 2.24) is 4.98 Å². The molecule has 0 atom stereocenters. The molecule has 0 aliphatic carbocycles. The van der Waals surface area contributed by atoms with Gasteiger partial charge in [-0.2, -0.15) is 0 Å². The van der Waals surface area contributed by atoms with Gasteiger partial charge in [0.05, 0.1) is 10.6 Å². The number of aromatic nitrogens is 1. The fraction of sp³-hybridized carbons (Fsp3) is 0.250. The first-order valence-electron chi connectivity index (χ1n) is 5.18. The molecule has 0 spiro atoms. The number of hydrogen-bond acceptors (Lipinski definition) is 3. The van der Waals surface area contributed by atoms with E-state index in [1.54, 1.807) is 11.3 Å². The van der Waals surface area contributed by atoms with E-state index < -0.39 is 0 Å². The molecule has 1 N–H and O–H groups in total. The second-order valence-electron chi connectivity index (χ2n) is 3.47. The highest BCUT2D eigenvalue weighted by molar-refractivity contribution is 9.10. The molecule has 0 aliphatic heterocycles. The summed E-state index contributed by atoms with van der Waals surface area (Å²) >= 11 is 5.15. The van der Waals surface area contributed by atoms with E-state index >= 15 is 0 Å². The molecule has 1 heterocycles. The average molecular weight is 297 g/mol. The SMILES string of the molecule is CCNc1nc(C)c(-c2ccc(Br)cc2)s1. The van der Waals surface area contributed by atoms with E-state index in [9.17, 15) is 0 Å². The molecular formula is C12H13BrN2S. The minimum absolute atomic E-state index is 0.909. The van der Waals surface area contributed by atoms with Crippen LogP contribution in [0.1, 0.15) is 12.6 Å². The highest BCUT2D eigenvalue weighted by Crippen LogP contribution is 2.33. The largest absolute Gasteiger partial charge is 0.362 e. The molecule has 16 heavy (non-hydrogen) atoms. The Hall–Kier alpha value is -0.870. The van der Waals surface area contributed by atoms with Crippen LogP contribution in [0.3, 0.4) is 0 Å². The van der Waals surface area contributed by atoms with Crippen LogP contribution in [-0.2, 0) is 0 Å². The first-order chi connectivity index (χ1) is 7.70. The molecule has 0 radical (unpaired) electrons. The molecule has 4 heteroatoms. The van der Waals surface area contributed by atoms with E-state index in [2.05, 4.69) is 64.3 Å². The van der Waals surface area contributed by atoms with Gasteiger partial charge < -0.3 is 5.32 Å². The number of anilines is 1. The van der Waals surface area contributed by atoms with Gasteiger partial charge in [0.1, 0.15) is 0 Å². The topological polar surface area (TPSA) is 24.9 Å². The predicted octanol–water partition coefficient (Wildman–Crippen LogP) is 4.31. The van der Waals surface area contributed by atoms with Gasteiger partial charge in [0, 0.05) is 11.0 Å². The van der Waals surface area contributed by atoms with Crippen molar-refractivity contribution in [2.45, 2.75) is 13.8 Å². The summed E-state index contributed by atoms with van der Waals surface area (Å²) in [5, 5.41) is 4.25. The van der Waals surface area contributed by atoms with Gasteiger partial charge in [-0.15, -0.1) is 0 Å². The van der Waals surface area contributed by atoms with Gasteiger partial charge in [-0.3, -0.25) is 0 Å². The fourth-order valence-electron chi connectivity index (χ4n) is 1.49. The summed E-state index contributed by atoms with van der Waals surface area (Å²) in [5.74, 6) is 0. The van der Waals surface area contributed by atoms with Crippen LogP contribution in [0.5, 0.6) is 0 Å². The lowest BCUT2D eigenvalue weighted by Crippen LogP contribution is -1.94. The van der Waals surface area contributed by atoms with E-state index in [-0.39, 0.29) is 0 Å². The first kappa shape index (κ1) is 11.6. The Morgan fingerprint density at radius 2 is 2.00 bits per heavy atom. The summed E-state index contributed by atoms with van der Waals surface area (Å²) in [5.41, 5.74) is 2.31. The number of rotatable bonds is 3. The van der Waals surface area contributed by atoms with Crippen LogP contribution in [0.15, 0.2) is 28.7 Å². The van der Waals surface area contributed by atoms with Crippen LogP contribution in [0.25, 0.3) is 10.4 Å². The fourth-order valence-corrected chi connectivity index (χ4v) is 2.80. The van der Waals surface area contributed by atoms with Crippen LogP contribution in [0.2, 0.25) is 0 Å². The Labute approximate surface area is 108 Å². The van der Waals surface area contributed by atoms with E-state index in [1.807, 2.05) is 0 Å². The van der Waals surface area contributed by atoms with Crippen LogP contribution in [-0.4, -0.2) is 11.5 Å². The third-order valence-electron chi connectivity index (χ3n) is 2.23. The van der Waals surface area contributed by atoms with E-state index in [0.29, 0.717) is 0 Å². The molecule has 84 valence electrons. The molecule has 2 aromatic rings. The van der Waals surface area contributed by atoms with Crippen LogP contribution >= 0.6 is 27.3 Å². The van der Waals surface area contributed by atoms with E-state index in [0.717, 1.165) is 21.8 Å². The van der Waals surface area contributed by atoms with Gasteiger partial charge in [0.2, 0.25) is 0 Å². The van der Waals surface area contributed by atoms with Gasteiger partial charge in [-0.05, 0) is 31.5 Å². The van der Waals surface area contributed by atoms with Crippen molar-refractivity contribution in [1.29, 1.82) is 0 Å². The zero-order chi connectivity index (χ0) is 11.5. The summed E-state index contributed by atoms with van der Waals surface area (Å²) in [7, 11) is 0. The molecule has 0 bridgehead atoms. The Morgan fingerprint density at radius 3 is 2.62 bits per heavy atom. The molecule has 1 aromatic heterocycles. The van der Waals surface area contributed by atoms with Crippen molar-refractivity contribution in [3.63, 3.8) is 0 Å². The molecule has 2 nitrogen and oxygen atoms in total. The zero-order valence-electron chi connectivity index (χ0n) is 9.25. The standard InChI is InChI=1S/C12H13BrN2S/c1-3-14-12-15-8(2)11(16-12)9-4-6-10(13)7-5-9/h4-7H,3H2,1-2H3,(H,14,15). The van der Waals surface area contributed by atoms with Crippen molar-refractivity contribution in [2.75, 3.05) is 11.9 Å². The second kappa shape index (κ2) is 4.97. The molecule has 0 unspecified atom stereocenters. The lowest BCUT2D eigenvalue weighted by molar-refractivity contribution is 1.17. The number of hydrogen-bond donors (Lipinski definition) is 1. The Bertz CT molecular complexity index is 476. The van der Waals surface area contributed by atoms with Crippen molar-refractivity contribution < 1.29 is 0 Å². The number of benzene rings is 1. The van der Waals surface area contributed by atoms with E-state index in [4.69, 9.17) is 0 Å². The molecule has 0 amide bonds. The minimum atomic E-state index is 0.909. The lowest BCUT2D eigenvalue weighted by Gasteiger charge is -1.98. The van der Waals surface area contributed by atoms with Crippen molar-refractivity contribution in [3.8, 4) is 10.4 Å². The number of nitrogens with one attached hydrogen (secondary N) is 1. The molecule has 0 saturated carbocycles. The monoisotopic (exact) mass is 296 g/mol. The summed E-state index contributed by atoms with van der Waals surface area (Å²) in [6, 6.07) is 8.34. The maximum atomic E-state index is 4.49. The molecule has 0 aliphatic rings. The molecule has 0 saturated heterocycles. The Kier molecular flexibility index (Phi) is 3.61. The van der Waals surface area contributed by atoms with Gasteiger partial charge in [0.25, 0.3) is 0 Å². The normalized spacial score (nSPS) is 10.4. The summed E-state index contributed by atoms with van der Waals surface area (Å²) < 4.78 is 1.10. The highest BCUT2D eigenvalue weighted by atomic mass is 79.9. The Morgan fingerprint density at radius 1 is 1.31 bits per heavy atom. The molecule has 2 rings (SSSR count). The zero-order valence-corrected chi connectivity index (χ0v) is 11.7.